The van der Waals surface area contributed by atoms with E-state index in [9.17, 15) is 8.78 Å². The lowest BCUT2D eigenvalue weighted by molar-refractivity contribution is 0.388. The maximum atomic E-state index is 13.2. The number of halogens is 2. The van der Waals surface area contributed by atoms with Crippen LogP contribution in [0.2, 0.25) is 0 Å². The van der Waals surface area contributed by atoms with Crippen molar-refractivity contribution >= 4 is 11.8 Å². The molecule has 0 saturated heterocycles. The predicted octanol–water partition coefficient (Wildman–Crippen LogP) is 4.62. The van der Waals surface area contributed by atoms with E-state index in [-0.39, 0.29) is 0 Å². The molecular formula is C16H23F2NS. The van der Waals surface area contributed by atoms with Gasteiger partial charge in [0.15, 0.2) is 11.6 Å². The Morgan fingerprint density at radius 2 is 2.00 bits per heavy atom. The van der Waals surface area contributed by atoms with Gasteiger partial charge in [0.2, 0.25) is 0 Å². The average Bonchev–Trinajstić information content (AvgIpc) is 2.97. The standard InChI is InChI=1S/C16H23F2NS/c1-2-9-19-16(12-5-3-4-6-12)11-20-13-7-8-14(17)15(18)10-13/h7-8,10,12,16,19H,2-6,9,11H2,1H3. The van der Waals surface area contributed by atoms with Crippen LogP contribution in [0.4, 0.5) is 8.78 Å². The van der Waals surface area contributed by atoms with Gasteiger partial charge in [-0.25, -0.2) is 8.78 Å². The van der Waals surface area contributed by atoms with Crippen LogP contribution in [0, 0.1) is 17.6 Å². The molecule has 0 aliphatic heterocycles. The highest BCUT2D eigenvalue weighted by Crippen LogP contribution is 2.31. The number of hydrogen-bond acceptors (Lipinski definition) is 2. The number of nitrogens with one attached hydrogen (secondary N) is 1. The van der Waals surface area contributed by atoms with Crippen molar-refractivity contribution in [2.24, 2.45) is 5.92 Å². The van der Waals surface area contributed by atoms with E-state index < -0.39 is 11.6 Å². The van der Waals surface area contributed by atoms with E-state index in [4.69, 9.17) is 0 Å². The molecule has 0 aromatic heterocycles. The van der Waals surface area contributed by atoms with Crippen molar-refractivity contribution in [3.05, 3.63) is 29.8 Å². The molecule has 1 fully saturated rings. The molecule has 4 heteroatoms. The summed E-state index contributed by atoms with van der Waals surface area (Å²) in [7, 11) is 0. The smallest absolute Gasteiger partial charge is 0.159 e. The lowest BCUT2D eigenvalue weighted by atomic mass is 10.00. The fourth-order valence-electron chi connectivity index (χ4n) is 2.80. The number of rotatable bonds is 7. The molecule has 1 N–H and O–H groups in total. The summed E-state index contributed by atoms with van der Waals surface area (Å²) in [5, 5.41) is 3.62. The van der Waals surface area contributed by atoms with Crippen LogP contribution in [0.1, 0.15) is 39.0 Å². The largest absolute Gasteiger partial charge is 0.313 e. The molecule has 0 spiro atoms. The molecule has 112 valence electrons. The van der Waals surface area contributed by atoms with Gasteiger partial charge in [-0.15, -0.1) is 11.8 Å². The third kappa shape index (κ3) is 4.45. The van der Waals surface area contributed by atoms with Gasteiger partial charge in [0, 0.05) is 16.7 Å². The van der Waals surface area contributed by atoms with E-state index in [0.717, 1.165) is 29.5 Å². The first kappa shape index (κ1) is 15.8. The Hall–Kier alpha value is -0.610. The third-order valence-corrected chi connectivity index (χ3v) is 5.06. The molecule has 1 saturated carbocycles. The zero-order valence-corrected chi connectivity index (χ0v) is 12.8. The average molecular weight is 299 g/mol. The normalized spacial score (nSPS) is 17.6. The maximum absolute atomic E-state index is 13.2. The van der Waals surface area contributed by atoms with Crippen molar-refractivity contribution in [2.75, 3.05) is 12.3 Å². The number of thioether (sulfide) groups is 1. The molecule has 1 nitrogen and oxygen atoms in total. The van der Waals surface area contributed by atoms with E-state index >= 15 is 0 Å². The van der Waals surface area contributed by atoms with E-state index in [2.05, 4.69) is 12.2 Å². The van der Waals surface area contributed by atoms with Crippen LogP contribution in [0.3, 0.4) is 0 Å². The van der Waals surface area contributed by atoms with Crippen LogP contribution in [-0.4, -0.2) is 18.3 Å². The first-order valence-corrected chi connectivity index (χ1v) is 8.50. The Morgan fingerprint density at radius 3 is 2.65 bits per heavy atom. The Kier molecular flexibility index (Phi) is 6.30. The summed E-state index contributed by atoms with van der Waals surface area (Å²) in [6.45, 7) is 3.20. The molecule has 1 atom stereocenters. The molecule has 1 aromatic rings. The van der Waals surface area contributed by atoms with Gasteiger partial charge in [0.25, 0.3) is 0 Å². The van der Waals surface area contributed by atoms with Gasteiger partial charge >= 0.3 is 0 Å². The van der Waals surface area contributed by atoms with Crippen molar-refractivity contribution in [3.8, 4) is 0 Å². The van der Waals surface area contributed by atoms with Gasteiger partial charge in [0.05, 0.1) is 0 Å². The summed E-state index contributed by atoms with van der Waals surface area (Å²) in [5.41, 5.74) is 0. The minimum Gasteiger partial charge on any atom is -0.313 e. The topological polar surface area (TPSA) is 12.0 Å². The second-order valence-corrected chi connectivity index (χ2v) is 6.59. The molecule has 1 unspecified atom stereocenters. The van der Waals surface area contributed by atoms with Crippen LogP contribution < -0.4 is 5.32 Å². The molecule has 0 heterocycles. The third-order valence-electron chi connectivity index (χ3n) is 3.95. The van der Waals surface area contributed by atoms with Gasteiger partial charge in [-0.3, -0.25) is 0 Å². The maximum Gasteiger partial charge on any atom is 0.159 e. The zero-order valence-electron chi connectivity index (χ0n) is 12.0. The SMILES string of the molecule is CCCNC(CSc1ccc(F)c(F)c1)C1CCCC1. The van der Waals surface area contributed by atoms with Gasteiger partial charge in [-0.05, 0) is 49.9 Å². The van der Waals surface area contributed by atoms with Gasteiger partial charge < -0.3 is 5.32 Å². The molecule has 20 heavy (non-hydrogen) atoms. The van der Waals surface area contributed by atoms with Crippen LogP contribution in [0.15, 0.2) is 23.1 Å². The summed E-state index contributed by atoms with van der Waals surface area (Å²) >= 11 is 1.62. The van der Waals surface area contributed by atoms with Gasteiger partial charge in [-0.2, -0.15) is 0 Å². The fourth-order valence-corrected chi connectivity index (χ4v) is 3.92. The van der Waals surface area contributed by atoms with Crippen molar-refractivity contribution in [3.63, 3.8) is 0 Å². The summed E-state index contributed by atoms with van der Waals surface area (Å²) in [5.74, 6) is 0.134. The first-order valence-electron chi connectivity index (χ1n) is 7.52. The Balaban J connectivity index is 1.91. The molecule has 0 radical (unpaired) electrons. The highest BCUT2D eigenvalue weighted by atomic mass is 32.2. The minimum atomic E-state index is -0.772. The highest BCUT2D eigenvalue weighted by molar-refractivity contribution is 7.99. The minimum absolute atomic E-state index is 0.482. The Morgan fingerprint density at radius 1 is 1.25 bits per heavy atom. The molecule has 0 amide bonds. The van der Waals surface area contributed by atoms with E-state index in [1.807, 2.05) is 0 Å². The van der Waals surface area contributed by atoms with E-state index in [1.54, 1.807) is 17.8 Å². The lowest BCUT2D eigenvalue weighted by Crippen LogP contribution is -2.37. The van der Waals surface area contributed by atoms with Gasteiger partial charge in [-0.1, -0.05) is 19.8 Å². The molecular weight excluding hydrogens is 276 g/mol. The van der Waals surface area contributed by atoms with Crippen molar-refractivity contribution in [1.82, 2.24) is 5.32 Å². The quantitative estimate of drug-likeness (QED) is 0.738. The van der Waals surface area contributed by atoms with Crippen LogP contribution in [-0.2, 0) is 0 Å². The van der Waals surface area contributed by atoms with E-state index in [1.165, 1.54) is 37.8 Å². The predicted molar refractivity (Wildman–Crippen MR) is 81.1 cm³/mol. The first-order chi connectivity index (χ1) is 9.70. The fraction of sp³-hybridized carbons (Fsp3) is 0.625. The second-order valence-electron chi connectivity index (χ2n) is 5.49. The van der Waals surface area contributed by atoms with E-state index in [0.29, 0.717) is 6.04 Å². The number of hydrogen-bond donors (Lipinski definition) is 1. The van der Waals surface area contributed by atoms with Crippen LogP contribution in [0.5, 0.6) is 0 Å². The van der Waals surface area contributed by atoms with Crippen LogP contribution in [0.25, 0.3) is 0 Å². The van der Waals surface area contributed by atoms with Crippen molar-refractivity contribution in [1.29, 1.82) is 0 Å². The lowest BCUT2D eigenvalue weighted by Gasteiger charge is -2.24. The molecule has 1 aliphatic rings. The second kappa shape index (κ2) is 7.99. The number of benzene rings is 1. The summed E-state index contributed by atoms with van der Waals surface area (Å²) in [4.78, 5) is 0.810. The summed E-state index contributed by atoms with van der Waals surface area (Å²) in [6, 6.07) is 4.65. The molecule has 2 rings (SSSR count). The molecule has 0 bridgehead atoms. The van der Waals surface area contributed by atoms with Crippen molar-refractivity contribution in [2.45, 2.75) is 50.0 Å². The van der Waals surface area contributed by atoms with Gasteiger partial charge in [0.1, 0.15) is 0 Å². The highest BCUT2D eigenvalue weighted by Gasteiger charge is 2.24. The summed E-state index contributed by atoms with van der Waals surface area (Å²) in [6.07, 6.45) is 6.36. The molecule has 1 aliphatic carbocycles. The monoisotopic (exact) mass is 299 g/mol. The Labute approximate surface area is 124 Å². The van der Waals surface area contributed by atoms with Crippen LogP contribution >= 0.6 is 11.8 Å². The molecule has 1 aromatic carbocycles. The van der Waals surface area contributed by atoms with Crippen molar-refractivity contribution < 1.29 is 8.78 Å². The Bertz CT molecular complexity index is 419. The summed E-state index contributed by atoms with van der Waals surface area (Å²) < 4.78 is 26.1. The zero-order chi connectivity index (χ0) is 14.4.